The molecule has 0 aliphatic heterocycles. The van der Waals surface area contributed by atoms with Crippen LogP contribution in [0.4, 0.5) is 4.79 Å². The number of rotatable bonds is 6. The zero-order chi connectivity index (χ0) is 13.4. The number of ether oxygens (including phenoxy) is 1. The average Bonchev–Trinajstić information content (AvgIpc) is 2.31. The van der Waals surface area contributed by atoms with Crippen molar-refractivity contribution in [3.8, 4) is 0 Å². The first-order chi connectivity index (χ1) is 7.92. The first-order valence-electron chi connectivity index (χ1n) is 5.32. The van der Waals surface area contributed by atoms with E-state index >= 15 is 0 Å². The topological polar surface area (TPSA) is 111 Å². The van der Waals surface area contributed by atoms with Crippen LogP contribution in [0, 0.1) is 5.92 Å². The Morgan fingerprint density at radius 3 is 2.35 bits per heavy atom. The highest BCUT2D eigenvalue weighted by molar-refractivity contribution is 5.89. The third-order valence-electron chi connectivity index (χ3n) is 2.43. The fourth-order valence-electron chi connectivity index (χ4n) is 1.20. The molecule has 0 aromatic rings. The molecule has 0 unspecified atom stereocenters. The van der Waals surface area contributed by atoms with Gasteiger partial charge in [0.05, 0.1) is 7.11 Å². The Bertz CT molecular complexity index is 293. The Labute approximate surface area is 100 Å². The number of carbonyl (C=O) groups excluding carboxylic acids is 3. The van der Waals surface area contributed by atoms with E-state index in [1.54, 1.807) is 6.92 Å². The second-order valence-electron chi connectivity index (χ2n) is 3.67. The Kier molecular flexibility index (Phi) is 6.69. The van der Waals surface area contributed by atoms with Crippen molar-refractivity contribution >= 4 is 17.9 Å². The molecule has 0 saturated carbocycles. The van der Waals surface area contributed by atoms with Crippen LogP contribution in [-0.4, -0.2) is 37.6 Å². The molecule has 0 spiro atoms. The summed E-state index contributed by atoms with van der Waals surface area (Å²) in [6, 6.07) is -1.52. The van der Waals surface area contributed by atoms with Crippen LogP contribution in [-0.2, 0) is 14.3 Å². The molecule has 0 fully saturated rings. The molecule has 3 amide bonds. The highest BCUT2D eigenvalue weighted by Crippen LogP contribution is 2.07. The van der Waals surface area contributed by atoms with Crippen LogP contribution in [0.5, 0.6) is 0 Å². The molecule has 7 nitrogen and oxygen atoms in total. The van der Waals surface area contributed by atoms with Crippen LogP contribution in [0.15, 0.2) is 0 Å². The minimum Gasteiger partial charge on any atom is -0.468 e. The summed E-state index contributed by atoms with van der Waals surface area (Å²) in [5.41, 5.74) is 4.98. The van der Waals surface area contributed by atoms with Crippen LogP contribution in [0.1, 0.15) is 20.3 Å². The van der Waals surface area contributed by atoms with Crippen molar-refractivity contribution in [3.63, 3.8) is 0 Å². The second-order valence-corrected chi connectivity index (χ2v) is 3.67. The Hall–Kier alpha value is -1.79. The van der Waals surface area contributed by atoms with Crippen LogP contribution in [0.3, 0.4) is 0 Å². The van der Waals surface area contributed by atoms with Crippen LogP contribution < -0.4 is 16.4 Å². The normalized spacial score (nSPS) is 13.4. The van der Waals surface area contributed by atoms with Crippen molar-refractivity contribution in [2.24, 2.45) is 11.7 Å². The minimum atomic E-state index is -0.775. The molecular formula is C10H19N3O4. The predicted molar refractivity (Wildman–Crippen MR) is 61.0 cm³/mol. The smallest absolute Gasteiger partial charge is 0.325 e. The number of nitrogens with two attached hydrogens (primary N) is 1. The summed E-state index contributed by atoms with van der Waals surface area (Å²) < 4.78 is 4.38. The zero-order valence-electron chi connectivity index (χ0n) is 10.3. The van der Waals surface area contributed by atoms with E-state index in [2.05, 4.69) is 15.4 Å². The van der Waals surface area contributed by atoms with Gasteiger partial charge in [0.1, 0.15) is 12.6 Å². The number of hydrogen-bond donors (Lipinski definition) is 3. The molecule has 2 atom stereocenters. The summed E-state index contributed by atoms with van der Waals surface area (Å²) in [7, 11) is 1.22. The number of nitrogens with one attached hydrogen (secondary N) is 2. The van der Waals surface area contributed by atoms with Gasteiger partial charge in [0, 0.05) is 0 Å². The van der Waals surface area contributed by atoms with Gasteiger partial charge < -0.3 is 21.1 Å². The molecule has 17 heavy (non-hydrogen) atoms. The van der Waals surface area contributed by atoms with Gasteiger partial charge in [0.25, 0.3) is 0 Å². The van der Waals surface area contributed by atoms with Gasteiger partial charge in [-0.1, -0.05) is 20.3 Å². The van der Waals surface area contributed by atoms with Gasteiger partial charge >= 0.3 is 12.0 Å². The van der Waals surface area contributed by atoms with E-state index in [9.17, 15) is 14.4 Å². The number of hydrogen-bond acceptors (Lipinski definition) is 4. The fourth-order valence-corrected chi connectivity index (χ4v) is 1.20. The molecule has 4 N–H and O–H groups in total. The third kappa shape index (κ3) is 5.74. The number of urea groups is 1. The predicted octanol–water partition coefficient (Wildman–Crippen LogP) is -0.641. The van der Waals surface area contributed by atoms with E-state index in [4.69, 9.17) is 5.73 Å². The first-order valence-corrected chi connectivity index (χ1v) is 5.32. The van der Waals surface area contributed by atoms with E-state index in [0.29, 0.717) is 6.42 Å². The first kappa shape index (κ1) is 15.2. The molecule has 0 saturated heterocycles. The summed E-state index contributed by atoms with van der Waals surface area (Å²) >= 11 is 0. The molecule has 0 heterocycles. The van der Waals surface area contributed by atoms with E-state index in [0.717, 1.165) is 0 Å². The van der Waals surface area contributed by atoms with Crippen molar-refractivity contribution in [1.29, 1.82) is 0 Å². The zero-order valence-corrected chi connectivity index (χ0v) is 10.3. The van der Waals surface area contributed by atoms with E-state index in [1.807, 2.05) is 6.92 Å². The van der Waals surface area contributed by atoms with Gasteiger partial charge in [0.2, 0.25) is 5.91 Å². The maximum Gasteiger partial charge on any atom is 0.325 e. The fraction of sp³-hybridized carbons (Fsp3) is 0.700. The van der Waals surface area contributed by atoms with Crippen molar-refractivity contribution < 1.29 is 19.1 Å². The molecular weight excluding hydrogens is 226 g/mol. The molecule has 0 bridgehead atoms. The van der Waals surface area contributed by atoms with Gasteiger partial charge in [-0.2, -0.15) is 0 Å². The number of methoxy groups -OCH3 is 1. The van der Waals surface area contributed by atoms with E-state index in [1.165, 1.54) is 7.11 Å². The summed E-state index contributed by atoms with van der Waals surface area (Å²) in [6.45, 7) is 3.45. The van der Waals surface area contributed by atoms with Crippen molar-refractivity contribution in [2.75, 3.05) is 13.7 Å². The molecule has 0 rings (SSSR count). The monoisotopic (exact) mass is 245 g/mol. The van der Waals surface area contributed by atoms with Crippen molar-refractivity contribution in [2.45, 2.75) is 26.3 Å². The summed E-state index contributed by atoms with van der Waals surface area (Å²) in [4.78, 5) is 33.3. The average molecular weight is 245 g/mol. The highest BCUT2D eigenvalue weighted by Gasteiger charge is 2.25. The minimum absolute atomic E-state index is 0.0832. The molecule has 0 radical (unpaired) electrons. The van der Waals surface area contributed by atoms with Gasteiger partial charge in [-0.3, -0.25) is 9.59 Å². The molecule has 0 aliphatic carbocycles. The summed E-state index contributed by atoms with van der Waals surface area (Å²) in [6.07, 6.45) is 0.691. The van der Waals surface area contributed by atoms with E-state index < -0.39 is 23.9 Å². The number of carbonyl (C=O) groups is 3. The van der Waals surface area contributed by atoms with Crippen LogP contribution in [0.2, 0.25) is 0 Å². The maximum atomic E-state index is 11.7. The number of primary amides is 1. The summed E-state index contributed by atoms with van der Waals surface area (Å²) in [5.74, 6) is -1.09. The van der Waals surface area contributed by atoms with Crippen molar-refractivity contribution in [3.05, 3.63) is 0 Å². The standard InChI is InChI=1S/C10H19N3O4/c1-4-6(2)8(13-10(11)16)9(15)12-5-7(14)17-3/h6,8H,4-5H2,1-3H3,(H,12,15)(H3,11,13,16)/t6-,8+/m1/s1. The van der Waals surface area contributed by atoms with Crippen LogP contribution >= 0.6 is 0 Å². The largest absolute Gasteiger partial charge is 0.468 e. The Morgan fingerprint density at radius 2 is 1.94 bits per heavy atom. The third-order valence-corrected chi connectivity index (χ3v) is 2.43. The van der Waals surface area contributed by atoms with E-state index in [-0.39, 0.29) is 12.5 Å². The van der Waals surface area contributed by atoms with Crippen LogP contribution in [0.25, 0.3) is 0 Å². The quantitative estimate of drug-likeness (QED) is 0.540. The van der Waals surface area contributed by atoms with Crippen molar-refractivity contribution in [1.82, 2.24) is 10.6 Å². The second kappa shape index (κ2) is 7.48. The number of esters is 1. The Morgan fingerprint density at radius 1 is 1.35 bits per heavy atom. The van der Waals surface area contributed by atoms with Gasteiger partial charge in [0.15, 0.2) is 0 Å². The van der Waals surface area contributed by atoms with Gasteiger partial charge in [-0.25, -0.2) is 4.79 Å². The lowest BCUT2D eigenvalue weighted by molar-refractivity contribution is -0.141. The Balaban J connectivity index is 4.42. The molecule has 0 aromatic carbocycles. The van der Waals surface area contributed by atoms with Gasteiger partial charge in [-0.05, 0) is 5.92 Å². The molecule has 7 heteroatoms. The summed E-state index contributed by atoms with van der Waals surface area (Å²) in [5, 5.41) is 4.72. The molecule has 98 valence electrons. The lowest BCUT2D eigenvalue weighted by Crippen LogP contribution is -2.52. The maximum absolute atomic E-state index is 11.7. The van der Waals surface area contributed by atoms with Gasteiger partial charge in [-0.15, -0.1) is 0 Å². The number of amides is 3. The molecule has 0 aromatic heterocycles. The SMILES string of the molecule is CC[C@@H](C)[C@H](NC(N)=O)C(=O)NCC(=O)OC. The molecule has 0 aliphatic rings. The highest BCUT2D eigenvalue weighted by atomic mass is 16.5. The lowest BCUT2D eigenvalue weighted by atomic mass is 9.98. The lowest BCUT2D eigenvalue weighted by Gasteiger charge is -2.22.